The van der Waals surface area contributed by atoms with Crippen LogP contribution in [0.15, 0.2) is 35.3 Å². The van der Waals surface area contributed by atoms with Crippen molar-refractivity contribution in [2.24, 2.45) is 20.0 Å². The Morgan fingerprint density at radius 1 is 1.20 bits per heavy atom. The van der Waals surface area contributed by atoms with Gasteiger partial charge in [-0.2, -0.15) is 5.10 Å². The number of carbonyl (C=O) groups excluding carboxylic acids is 1. The number of hydrogen-bond donors (Lipinski definition) is 1. The molecule has 1 aliphatic carbocycles. The summed E-state index contributed by atoms with van der Waals surface area (Å²) in [6.45, 7) is 4.28. The molecule has 30 heavy (non-hydrogen) atoms. The van der Waals surface area contributed by atoms with E-state index in [-0.39, 0.29) is 11.6 Å². The van der Waals surface area contributed by atoms with Crippen LogP contribution in [0.2, 0.25) is 0 Å². The molecule has 3 aromatic rings. The van der Waals surface area contributed by atoms with Gasteiger partial charge in [-0.05, 0) is 38.0 Å². The van der Waals surface area contributed by atoms with Gasteiger partial charge in [-0.1, -0.05) is 6.07 Å². The fourth-order valence-electron chi connectivity index (χ4n) is 3.44. The van der Waals surface area contributed by atoms with Gasteiger partial charge in [0, 0.05) is 43.9 Å². The predicted octanol–water partition coefficient (Wildman–Crippen LogP) is 1.96. The average molecular weight is 408 g/mol. The Morgan fingerprint density at radius 2 is 2.00 bits per heavy atom. The van der Waals surface area contributed by atoms with Gasteiger partial charge in [0.05, 0.1) is 12.3 Å². The van der Waals surface area contributed by atoms with Gasteiger partial charge >= 0.3 is 0 Å². The summed E-state index contributed by atoms with van der Waals surface area (Å²) in [6, 6.07) is 7.24. The molecule has 9 heteroatoms. The maximum absolute atomic E-state index is 12.5. The monoisotopic (exact) mass is 408 g/mol. The number of rotatable bonds is 6. The van der Waals surface area contributed by atoms with Crippen LogP contribution in [-0.4, -0.2) is 37.1 Å². The highest BCUT2D eigenvalue weighted by Gasteiger charge is 2.40. The molecule has 0 aromatic carbocycles. The van der Waals surface area contributed by atoms with Crippen LogP contribution in [0, 0.1) is 19.8 Å². The van der Waals surface area contributed by atoms with Gasteiger partial charge in [-0.3, -0.25) is 19.3 Å². The van der Waals surface area contributed by atoms with E-state index in [1.165, 1.54) is 17.8 Å². The molecule has 1 unspecified atom stereocenters. The molecular weight excluding hydrogens is 384 g/mol. The molecule has 2 atom stereocenters. The SMILES string of the molecule is Cc1ccc([C@@H]2CC2COc2cc(NC(=O)c3cc(C)nn3C)c(=O)n(C)n2)nc1. The topological polar surface area (TPSA) is 104 Å². The van der Waals surface area contributed by atoms with E-state index in [0.29, 0.717) is 24.1 Å². The molecule has 0 bridgehead atoms. The molecular formula is C21H24N6O3. The highest BCUT2D eigenvalue weighted by Crippen LogP contribution is 2.46. The number of nitrogens with one attached hydrogen (secondary N) is 1. The van der Waals surface area contributed by atoms with Crippen molar-refractivity contribution in [2.45, 2.75) is 26.2 Å². The fourth-order valence-corrected chi connectivity index (χ4v) is 3.44. The van der Waals surface area contributed by atoms with Crippen LogP contribution < -0.4 is 15.6 Å². The standard InChI is InChI=1S/C21H24N6O3/c1-12-5-6-16(22-10-12)15-8-14(15)11-30-19-9-17(21(29)27(4)25-19)23-20(28)18-7-13(2)24-26(18)3/h5-7,9-10,14-15H,8,11H2,1-4H3,(H,23,28)/t14?,15-/m1/s1. The number of hydrogen-bond acceptors (Lipinski definition) is 6. The third kappa shape index (κ3) is 4.10. The van der Waals surface area contributed by atoms with Gasteiger partial charge in [0.1, 0.15) is 11.4 Å². The number of aromatic nitrogens is 5. The highest BCUT2D eigenvalue weighted by molar-refractivity contribution is 6.03. The lowest BCUT2D eigenvalue weighted by atomic mass is 10.2. The lowest BCUT2D eigenvalue weighted by Crippen LogP contribution is -2.27. The molecule has 0 aliphatic heterocycles. The number of amides is 1. The Hall–Kier alpha value is -3.49. The van der Waals surface area contributed by atoms with Gasteiger partial charge in [0.15, 0.2) is 0 Å². The van der Waals surface area contributed by atoms with Gasteiger partial charge < -0.3 is 10.1 Å². The fraction of sp³-hybridized carbons (Fsp3) is 0.381. The quantitative estimate of drug-likeness (QED) is 0.669. The molecule has 3 aromatic heterocycles. The summed E-state index contributed by atoms with van der Waals surface area (Å²) >= 11 is 0. The predicted molar refractivity (Wildman–Crippen MR) is 111 cm³/mol. The first kappa shape index (κ1) is 19.8. The third-order valence-electron chi connectivity index (χ3n) is 5.21. The summed E-state index contributed by atoms with van der Waals surface area (Å²) in [5.41, 5.74) is 2.98. The second-order valence-electron chi connectivity index (χ2n) is 7.75. The summed E-state index contributed by atoms with van der Waals surface area (Å²) < 4.78 is 8.46. The number of aryl methyl sites for hydroxylation is 4. The first-order valence-corrected chi connectivity index (χ1v) is 9.77. The van der Waals surface area contributed by atoms with E-state index >= 15 is 0 Å². The van der Waals surface area contributed by atoms with Crippen molar-refractivity contribution in [1.82, 2.24) is 24.5 Å². The van der Waals surface area contributed by atoms with E-state index in [0.717, 1.165) is 28.1 Å². The average Bonchev–Trinajstić information content (AvgIpc) is 3.40. The van der Waals surface area contributed by atoms with Gasteiger partial charge in [0.25, 0.3) is 11.5 Å². The lowest BCUT2D eigenvalue weighted by Gasteiger charge is -2.10. The summed E-state index contributed by atoms with van der Waals surface area (Å²) in [6.07, 6.45) is 2.88. The lowest BCUT2D eigenvalue weighted by molar-refractivity contribution is 0.101. The molecule has 1 amide bonds. The Morgan fingerprint density at radius 3 is 2.67 bits per heavy atom. The van der Waals surface area contributed by atoms with E-state index in [9.17, 15) is 9.59 Å². The molecule has 1 aliphatic rings. The first-order valence-electron chi connectivity index (χ1n) is 9.77. The van der Waals surface area contributed by atoms with Crippen LogP contribution in [-0.2, 0) is 14.1 Å². The molecule has 9 nitrogen and oxygen atoms in total. The van der Waals surface area contributed by atoms with E-state index in [2.05, 4.69) is 32.6 Å². The van der Waals surface area contributed by atoms with E-state index in [1.807, 2.05) is 13.1 Å². The largest absolute Gasteiger partial charge is 0.476 e. The number of ether oxygens (including phenoxy) is 1. The second kappa shape index (κ2) is 7.74. The zero-order valence-corrected chi connectivity index (χ0v) is 17.4. The Balaban J connectivity index is 1.43. The van der Waals surface area contributed by atoms with Gasteiger partial charge in [-0.25, -0.2) is 4.68 Å². The molecule has 1 saturated carbocycles. The normalized spacial score (nSPS) is 17.6. The molecule has 0 spiro atoms. The van der Waals surface area contributed by atoms with Crippen molar-refractivity contribution in [3.05, 3.63) is 63.5 Å². The zero-order valence-electron chi connectivity index (χ0n) is 17.4. The summed E-state index contributed by atoms with van der Waals surface area (Å²) in [5.74, 6) is 0.608. The minimum absolute atomic E-state index is 0.110. The van der Waals surface area contributed by atoms with Crippen molar-refractivity contribution in [3.8, 4) is 5.88 Å². The highest BCUT2D eigenvalue weighted by atomic mass is 16.5. The minimum Gasteiger partial charge on any atom is -0.476 e. The molecule has 3 heterocycles. The summed E-state index contributed by atoms with van der Waals surface area (Å²) in [4.78, 5) is 29.4. The maximum atomic E-state index is 12.5. The number of nitrogens with zero attached hydrogens (tertiary/aromatic N) is 5. The Bertz CT molecular complexity index is 1150. The molecule has 0 saturated heterocycles. The summed E-state index contributed by atoms with van der Waals surface area (Å²) in [5, 5.41) is 10.9. The van der Waals surface area contributed by atoms with Crippen molar-refractivity contribution in [1.29, 1.82) is 0 Å². The number of carbonyl (C=O) groups is 1. The van der Waals surface area contributed by atoms with Crippen LogP contribution in [0.25, 0.3) is 0 Å². The van der Waals surface area contributed by atoms with E-state index in [4.69, 9.17) is 4.74 Å². The molecule has 1 N–H and O–H groups in total. The molecule has 4 rings (SSSR count). The zero-order chi connectivity index (χ0) is 21.4. The van der Waals surface area contributed by atoms with E-state index in [1.54, 1.807) is 20.0 Å². The first-order chi connectivity index (χ1) is 14.3. The van der Waals surface area contributed by atoms with Gasteiger partial charge in [0.2, 0.25) is 5.88 Å². The number of anilines is 1. The Kier molecular flexibility index (Phi) is 5.11. The van der Waals surface area contributed by atoms with Crippen molar-refractivity contribution < 1.29 is 9.53 Å². The van der Waals surface area contributed by atoms with Crippen LogP contribution in [0.4, 0.5) is 5.69 Å². The smallest absolute Gasteiger partial charge is 0.290 e. The Labute approximate surface area is 173 Å². The van der Waals surface area contributed by atoms with Gasteiger partial charge in [-0.15, -0.1) is 5.10 Å². The van der Waals surface area contributed by atoms with Crippen LogP contribution in [0.5, 0.6) is 5.88 Å². The minimum atomic E-state index is -0.417. The number of pyridine rings is 1. The van der Waals surface area contributed by atoms with Crippen molar-refractivity contribution in [3.63, 3.8) is 0 Å². The van der Waals surface area contributed by atoms with Crippen LogP contribution >= 0.6 is 0 Å². The van der Waals surface area contributed by atoms with E-state index < -0.39 is 11.5 Å². The molecule has 1 fully saturated rings. The third-order valence-corrected chi connectivity index (χ3v) is 5.21. The summed E-state index contributed by atoms with van der Waals surface area (Å²) in [7, 11) is 3.20. The maximum Gasteiger partial charge on any atom is 0.290 e. The van der Waals surface area contributed by atoms with Crippen LogP contribution in [0.1, 0.15) is 39.8 Å². The molecule has 0 radical (unpaired) electrons. The van der Waals surface area contributed by atoms with Crippen molar-refractivity contribution in [2.75, 3.05) is 11.9 Å². The van der Waals surface area contributed by atoms with Crippen molar-refractivity contribution >= 4 is 11.6 Å². The van der Waals surface area contributed by atoms with Crippen LogP contribution in [0.3, 0.4) is 0 Å². The molecule has 156 valence electrons. The second-order valence-corrected chi connectivity index (χ2v) is 7.75.